The number of ether oxygens (including phenoxy) is 3. The molecule has 0 aromatic heterocycles. The zero-order valence-electron chi connectivity index (χ0n) is 15.2. The quantitative estimate of drug-likeness (QED) is 0.549. The third-order valence-corrected chi connectivity index (χ3v) is 5.00. The predicted octanol–water partition coefficient (Wildman–Crippen LogP) is 4.35. The number of carbonyl (C=O) groups is 1. The van der Waals surface area contributed by atoms with Crippen molar-refractivity contribution in [2.75, 3.05) is 13.9 Å². The first-order chi connectivity index (χ1) is 11.5. The van der Waals surface area contributed by atoms with E-state index in [0.29, 0.717) is 17.8 Å². The fourth-order valence-electron chi connectivity index (χ4n) is 3.54. The Labute approximate surface area is 145 Å². The van der Waals surface area contributed by atoms with Gasteiger partial charge in [-0.15, -0.1) is 0 Å². The molecule has 1 aliphatic rings. The van der Waals surface area contributed by atoms with Gasteiger partial charge in [-0.3, -0.25) is 0 Å². The average Bonchev–Trinajstić information content (AvgIpc) is 2.58. The second-order valence-corrected chi connectivity index (χ2v) is 7.13. The zero-order chi connectivity index (χ0) is 17.5. The largest absolute Gasteiger partial charge is 0.467 e. The number of rotatable bonds is 7. The predicted molar refractivity (Wildman–Crippen MR) is 93.4 cm³/mol. The Morgan fingerprint density at radius 1 is 1.21 bits per heavy atom. The van der Waals surface area contributed by atoms with Gasteiger partial charge in [-0.05, 0) is 36.2 Å². The van der Waals surface area contributed by atoms with Gasteiger partial charge in [0, 0.05) is 0 Å². The first kappa shape index (κ1) is 18.9. The van der Waals surface area contributed by atoms with Crippen molar-refractivity contribution in [3.8, 4) is 0 Å². The summed E-state index contributed by atoms with van der Waals surface area (Å²) >= 11 is 0. The summed E-state index contributed by atoms with van der Waals surface area (Å²) in [5.41, 5.74) is 0.783. The molecule has 1 fully saturated rings. The minimum Gasteiger partial charge on any atom is -0.467 e. The van der Waals surface area contributed by atoms with E-state index in [9.17, 15) is 4.79 Å². The molecule has 0 N–H and O–H groups in total. The van der Waals surface area contributed by atoms with Gasteiger partial charge in [0.1, 0.15) is 6.79 Å². The summed E-state index contributed by atoms with van der Waals surface area (Å²) in [5.74, 6) is 1.42. The summed E-state index contributed by atoms with van der Waals surface area (Å²) < 4.78 is 16.7. The molecule has 134 valence electrons. The van der Waals surface area contributed by atoms with Gasteiger partial charge in [-0.2, -0.15) is 0 Å². The van der Waals surface area contributed by atoms with E-state index in [4.69, 9.17) is 14.2 Å². The first-order valence-corrected chi connectivity index (χ1v) is 8.88. The van der Waals surface area contributed by atoms with Crippen LogP contribution in [0.3, 0.4) is 0 Å². The fourth-order valence-corrected chi connectivity index (χ4v) is 3.54. The molecule has 0 aliphatic heterocycles. The van der Waals surface area contributed by atoms with E-state index in [1.807, 2.05) is 30.3 Å². The van der Waals surface area contributed by atoms with Gasteiger partial charge in [-0.25, -0.2) is 4.79 Å². The summed E-state index contributed by atoms with van der Waals surface area (Å²) in [6.07, 6.45) is 2.97. The Bertz CT molecular complexity index is 500. The lowest BCUT2D eigenvalue weighted by Gasteiger charge is -2.37. The van der Waals surface area contributed by atoms with Crippen LogP contribution in [0.5, 0.6) is 0 Å². The van der Waals surface area contributed by atoms with E-state index < -0.39 is 12.1 Å². The van der Waals surface area contributed by atoms with E-state index >= 15 is 0 Å². The molecule has 4 heteroatoms. The highest BCUT2D eigenvalue weighted by Crippen LogP contribution is 2.35. The SMILES string of the molecule is COC(=O)[C@@H](OCO[C@@H]1C[C@@H](C)CC[C@H]1C(C)C)c1ccccc1. The zero-order valence-corrected chi connectivity index (χ0v) is 15.2. The summed E-state index contributed by atoms with van der Waals surface area (Å²) in [6, 6.07) is 9.40. The summed E-state index contributed by atoms with van der Waals surface area (Å²) in [4.78, 5) is 12.0. The molecule has 0 amide bonds. The average molecular weight is 334 g/mol. The lowest BCUT2D eigenvalue weighted by Crippen LogP contribution is -2.35. The number of carbonyl (C=O) groups excluding carboxylic acids is 1. The van der Waals surface area contributed by atoms with Crippen LogP contribution in [0.4, 0.5) is 0 Å². The number of hydrogen-bond donors (Lipinski definition) is 0. The van der Waals surface area contributed by atoms with Crippen LogP contribution in [0.15, 0.2) is 30.3 Å². The van der Waals surface area contributed by atoms with Gasteiger partial charge in [0.15, 0.2) is 6.10 Å². The smallest absolute Gasteiger partial charge is 0.339 e. The van der Waals surface area contributed by atoms with Gasteiger partial charge >= 0.3 is 5.97 Å². The van der Waals surface area contributed by atoms with Crippen molar-refractivity contribution in [3.05, 3.63) is 35.9 Å². The molecule has 0 bridgehead atoms. The van der Waals surface area contributed by atoms with Crippen molar-refractivity contribution < 1.29 is 19.0 Å². The minimum atomic E-state index is -0.741. The third kappa shape index (κ3) is 5.05. The monoisotopic (exact) mass is 334 g/mol. The molecule has 0 saturated heterocycles. The Balaban J connectivity index is 1.95. The maximum Gasteiger partial charge on any atom is 0.339 e. The van der Waals surface area contributed by atoms with Crippen molar-refractivity contribution in [3.63, 3.8) is 0 Å². The molecule has 0 heterocycles. The van der Waals surface area contributed by atoms with E-state index in [0.717, 1.165) is 12.0 Å². The van der Waals surface area contributed by atoms with E-state index in [-0.39, 0.29) is 12.9 Å². The third-order valence-electron chi connectivity index (χ3n) is 5.00. The molecule has 0 unspecified atom stereocenters. The number of hydrogen-bond acceptors (Lipinski definition) is 4. The van der Waals surface area contributed by atoms with Crippen molar-refractivity contribution in [1.82, 2.24) is 0 Å². The second-order valence-electron chi connectivity index (χ2n) is 7.13. The van der Waals surface area contributed by atoms with Crippen LogP contribution in [0.1, 0.15) is 51.7 Å². The van der Waals surface area contributed by atoms with Crippen molar-refractivity contribution >= 4 is 5.97 Å². The van der Waals surface area contributed by atoms with Crippen LogP contribution in [-0.2, 0) is 19.0 Å². The second kappa shape index (κ2) is 9.19. The van der Waals surface area contributed by atoms with Crippen LogP contribution in [0.2, 0.25) is 0 Å². The lowest BCUT2D eigenvalue weighted by atomic mass is 9.75. The molecule has 0 radical (unpaired) electrons. The van der Waals surface area contributed by atoms with Gasteiger partial charge in [0.2, 0.25) is 0 Å². The van der Waals surface area contributed by atoms with Gasteiger partial charge < -0.3 is 14.2 Å². The van der Waals surface area contributed by atoms with Crippen LogP contribution >= 0.6 is 0 Å². The van der Waals surface area contributed by atoms with E-state index in [1.165, 1.54) is 20.0 Å². The molecule has 1 aromatic carbocycles. The van der Waals surface area contributed by atoms with Gasteiger partial charge in [-0.1, -0.05) is 57.5 Å². The molecule has 0 spiro atoms. The van der Waals surface area contributed by atoms with Crippen LogP contribution < -0.4 is 0 Å². The highest BCUT2D eigenvalue weighted by atomic mass is 16.7. The number of esters is 1. The van der Waals surface area contributed by atoms with E-state index in [1.54, 1.807) is 0 Å². The van der Waals surface area contributed by atoms with Crippen LogP contribution in [0.25, 0.3) is 0 Å². The van der Waals surface area contributed by atoms with Crippen molar-refractivity contribution in [1.29, 1.82) is 0 Å². The molecule has 4 atom stereocenters. The normalized spacial score (nSPS) is 25.5. The minimum absolute atomic E-state index is 0.106. The Morgan fingerprint density at radius 2 is 1.92 bits per heavy atom. The van der Waals surface area contributed by atoms with Gasteiger partial charge in [0.05, 0.1) is 13.2 Å². The fraction of sp³-hybridized carbons (Fsp3) is 0.650. The standard InChI is InChI=1S/C20H30O4/c1-14(2)17-11-10-15(3)12-18(17)23-13-24-19(20(21)22-4)16-8-6-5-7-9-16/h5-9,14-15,17-19H,10-13H2,1-4H3/t15-,17-,18+,19-/m0/s1. The molecule has 2 rings (SSSR count). The topological polar surface area (TPSA) is 44.8 Å². The molecule has 1 aliphatic carbocycles. The highest BCUT2D eigenvalue weighted by molar-refractivity contribution is 5.76. The molecule has 1 saturated carbocycles. The summed E-state index contributed by atoms with van der Waals surface area (Å²) in [7, 11) is 1.38. The molecular formula is C20H30O4. The first-order valence-electron chi connectivity index (χ1n) is 8.88. The molecule has 24 heavy (non-hydrogen) atoms. The Morgan fingerprint density at radius 3 is 2.54 bits per heavy atom. The van der Waals surface area contributed by atoms with E-state index in [2.05, 4.69) is 20.8 Å². The Kier molecular flexibility index (Phi) is 7.25. The number of methoxy groups -OCH3 is 1. The summed E-state index contributed by atoms with van der Waals surface area (Å²) in [6.45, 7) is 6.88. The molecule has 1 aromatic rings. The van der Waals surface area contributed by atoms with Gasteiger partial charge in [0.25, 0.3) is 0 Å². The summed E-state index contributed by atoms with van der Waals surface area (Å²) in [5, 5.41) is 0. The number of benzene rings is 1. The van der Waals surface area contributed by atoms with Crippen molar-refractivity contribution in [2.24, 2.45) is 17.8 Å². The lowest BCUT2D eigenvalue weighted by molar-refractivity contribution is -0.177. The highest BCUT2D eigenvalue weighted by Gasteiger charge is 2.32. The Hall–Kier alpha value is -1.39. The maximum absolute atomic E-state index is 12.0. The van der Waals surface area contributed by atoms with Crippen LogP contribution in [0, 0.1) is 17.8 Å². The van der Waals surface area contributed by atoms with Crippen molar-refractivity contribution in [2.45, 2.75) is 52.2 Å². The van der Waals surface area contributed by atoms with Crippen LogP contribution in [-0.4, -0.2) is 26.0 Å². The molecule has 4 nitrogen and oxygen atoms in total. The maximum atomic E-state index is 12.0. The molecular weight excluding hydrogens is 304 g/mol.